The molecule has 1 aromatic carbocycles. The Kier molecular flexibility index (Phi) is 6.35. The highest BCUT2D eigenvalue weighted by atomic mass is 16.5. The summed E-state index contributed by atoms with van der Waals surface area (Å²) in [6.45, 7) is 7.37. The van der Waals surface area contributed by atoms with Crippen LogP contribution >= 0.6 is 0 Å². The lowest BCUT2D eigenvalue weighted by Gasteiger charge is -2.35. The largest absolute Gasteiger partial charge is 0.494 e. The van der Waals surface area contributed by atoms with Crippen LogP contribution < -0.4 is 4.74 Å². The molecule has 0 aromatic heterocycles. The summed E-state index contributed by atoms with van der Waals surface area (Å²) in [5.74, 6) is 1.80. The SMILES string of the molecule is C1=COCN(CC2CCN(CCCOc3ccccc3)CC2)C1. The standard InChI is InChI=1S/C19H28N2O2/c1-2-6-19(7-3-1)23-15-5-10-20-12-8-18(9-13-20)16-21-11-4-14-22-17-21/h1-4,6-7,14,18H,5,8-13,15-17H2. The lowest BCUT2D eigenvalue weighted by Crippen LogP contribution is -2.40. The molecule has 126 valence electrons. The van der Waals surface area contributed by atoms with E-state index >= 15 is 0 Å². The molecule has 0 aliphatic carbocycles. The summed E-state index contributed by atoms with van der Waals surface area (Å²) >= 11 is 0. The molecule has 0 bridgehead atoms. The third-order valence-corrected chi connectivity index (χ3v) is 4.67. The van der Waals surface area contributed by atoms with Crippen molar-refractivity contribution in [2.75, 3.05) is 46.1 Å². The number of ether oxygens (including phenoxy) is 2. The summed E-state index contributed by atoms with van der Waals surface area (Å²) in [7, 11) is 0. The number of para-hydroxylation sites is 1. The van der Waals surface area contributed by atoms with Crippen LogP contribution in [0.25, 0.3) is 0 Å². The zero-order valence-electron chi connectivity index (χ0n) is 13.9. The highest BCUT2D eigenvalue weighted by Crippen LogP contribution is 2.19. The van der Waals surface area contributed by atoms with Crippen molar-refractivity contribution < 1.29 is 9.47 Å². The first kappa shape index (κ1) is 16.3. The maximum atomic E-state index is 5.77. The average Bonchev–Trinajstić information content (AvgIpc) is 2.62. The second-order valence-corrected chi connectivity index (χ2v) is 6.50. The Balaban J connectivity index is 1.26. The highest BCUT2D eigenvalue weighted by molar-refractivity contribution is 5.20. The van der Waals surface area contributed by atoms with Crippen LogP contribution in [0.1, 0.15) is 19.3 Å². The second kappa shape index (κ2) is 8.94. The van der Waals surface area contributed by atoms with Gasteiger partial charge in [-0.3, -0.25) is 4.90 Å². The molecular weight excluding hydrogens is 288 g/mol. The Bertz CT molecular complexity index is 470. The summed E-state index contributed by atoms with van der Waals surface area (Å²) in [5, 5.41) is 0. The first-order chi connectivity index (χ1) is 11.4. The third-order valence-electron chi connectivity index (χ3n) is 4.67. The van der Waals surface area contributed by atoms with Crippen molar-refractivity contribution in [1.29, 1.82) is 0 Å². The smallest absolute Gasteiger partial charge is 0.141 e. The quantitative estimate of drug-likeness (QED) is 0.722. The van der Waals surface area contributed by atoms with Crippen molar-refractivity contribution in [3.8, 4) is 5.75 Å². The van der Waals surface area contributed by atoms with Gasteiger partial charge in [0.05, 0.1) is 12.9 Å². The summed E-state index contributed by atoms with van der Waals surface area (Å²) < 4.78 is 11.1. The van der Waals surface area contributed by atoms with Gasteiger partial charge < -0.3 is 14.4 Å². The van der Waals surface area contributed by atoms with Gasteiger partial charge in [0, 0.05) is 19.6 Å². The lowest BCUT2D eigenvalue weighted by molar-refractivity contribution is 0.0565. The van der Waals surface area contributed by atoms with E-state index in [0.29, 0.717) is 0 Å². The van der Waals surface area contributed by atoms with Crippen LogP contribution in [0.5, 0.6) is 5.75 Å². The molecule has 2 aliphatic rings. The molecule has 0 spiro atoms. The molecule has 0 N–H and O–H groups in total. The summed E-state index contributed by atoms with van der Waals surface area (Å²) in [5.41, 5.74) is 0. The zero-order chi connectivity index (χ0) is 15.7. The van der Waals surface area contributed by atoms with Crippen molar-refractivity contribution >= 4 is 0 Å². The Morgan fingerprint density at radius 3 is 2.65 bits per heavy atom. The van der Waals surface area contributed by atoms with Crippen molar-refractivity contribution in [3.05, 3.63) is 42.7 Å². The van der Waals surface area contributed by atoms with Gasteiger partial charge in [-0.15, -0.1) is 0 Å². The minimum atomic E-state index is 0.757. The van der Waals surface area contributed by atoms with Crippen molar-refractivity contribution in [2.24, 2.45) is 5.92 Å². The summed E-state index contributed by atoms with van der Waals surface area (Å²) in [4.78, 5) is 4.98. The van der Waals surface area contributed by atoms with Gasteiger partial charge in [0.15, 0.2) is 0 Å². The van der Waals surface area contributed by atoms with E-state index in [1.165, 1.54) is 32.5 Å². The maximum absolute atomic E-state index is 5.77. The van der Waals surface area contributed by atoms with E-state index < -0.39 is 0 Å². The topological polar surface area (TPSA) is 24.9 Å². The number of rotatable bonds is 7. The number of hydrogen-bond acceptors (Lipinski definition) is 4. The molecular formula is C19H28N2O2. The first-order valence-corrected chi connectivity index (χ1v) is 8.79. The molecule has 0 amide bonds. The van der Waals surface area contributed by atoms with Gasteiger partial charge in [-0.2, -0.15) is 0 Å². The number of likely N-dealkylation sites (tertiary alicyclic amines) is 1. The predicted octanol–water partition coefficient (Wildman–Crippen LogP) is 2.97. The predicted molar refractivity (Wildman–Crippen MR) is 92.4 cm³/mol. The fraction of sp³-hybridized carbons (Fsp3) is 0.579. The Morgan fingerprint density at radius 2 is 1.91 bits per heavy atom. The normalized spacial score (nSPS) is 20.3. The van der Waals surface area contributed by atoms with E-state index in [1.54, 1.807) is 0 Å². The molecule has 2 aliphatic heterocycles. The van der Waals surface area contributed by atoms with Gasteiger partial charge in [-0.25, -0.2) is 0 Å². The second-order valence-electron chi connectivity index (χ2n) is 6.50. The van der Waals surface area contributed by atoms with Crippen LogP contribution in [0.4, 0.5) is 0 Å². The van der Waals surface area contributed by atoms with Crippen LogP contribution in [0.3, 0.4) is 0 Å². The molecule has 0 unspecified atom stereocenters. The molecule has 2 heterocycles. The molecule has 4 heteroatoms. The summed E-state index contributed by atoms with van der Waals surface area (Å²) in [6, 6.07) is 10.1. The first-order valence-electron chi connectivity index (χ1n) is 8.79. The van der Waals surface area contributed by atoms with Gasteiger partial charge >= 0.3 is 0 Å². The van der Waals surface area contributed by atoms with Crippen LogP contribution in [0.2, 0.25) is 0 Å². The number of hydrogen-bond donors (Lipinski definition) is 0. The fourth-order valence-electron chi connectivity index (χ4n) is 3.34. The van der Waals surface area contributed by atoms with Crippen molar-refractivity contribution in [2.45, 2.75) is 19.3 Å². The molecule has 0 radical (unpaired) electrons. The molecule has 1 saturated heterocycles. The van der Waals surface area contributed by atoms with Gasteiger partial charge in [0.25, 0.3) is 0 Å². The average molecular weight is 316 g/mol. The van der Waals surface area contributed by atoms with Crippen molar-refractivity contribution in [3.63, 3.8) is 0 Å². The minimum absolute atomic E-state index is 0.757. The zero-order valence-corrected chi connectivity index (χ0v) is 13.9. The van der Waals surface area contributed by atoms with E-state index in [2.05, 4.69) is 15.9 Å². The Hall–Kier alpha value is -1.52. The molecule has 3 rings (SSSR count). The molecule has 4 nitrogen and oxygen atoms in total. The van der Waals surface area contributed by atoms with E-state index in [0.717, 1.165) is 44.5 Å². The van der Waals surface area contributed by atoms with Gasteiger partial charge in [0.2, 0.25) is 0 Å². The number of nitrogens with zero attached hydrogens (tertiary/aromatic N) is 2. The monoisotopic (exact) mass is 316 g/mol. The van der Waals surface area contributed by atoms with Gasteiger partial charge in [0.1, 0.15) is 12.5 Å². The molecule has 1 aromatic rings. The Labute approximate surface area is 139 Å². The van der Waals surface area contributed by atoms with E-state index in [4.69, 9.17) is 9.47 Å². The molecule has 23 heavy (non-hydrogen) atoms. The van der Waals surface area contributed by atoms with E-state index in [-0.39, 0.29) is 0 Å². The van der Waals surface area contributed by atoms with Crippen LogP contribution in [-0.2, 0) is 4.74 Å². The minimum Gasteiger partial charge on any atom is -0.494 e. The lowest BCUT2D eigenvalue weighted by atomic mass is 9.96. The third kappa shape index (κ3) is 5.56. The molecule has 0 atom stereocenters. The van der Waals surface area contributed by atoms with Crippen LogP contribution in [-0.4, -0.2) is 55.9 Å². The van der Waals surface area contributed by atoms with Crippen molar-refractivity contribution in [1.82, 2.24) is 9.80 Å². The van der Waals surface area contributed by atoms with Gasteiger partial charge in [-0.05, 0) is 56.5 Å². The van der Waals surface area contributed by atoms with Gasteiger partial charge in [-0.1, -0.05) is 18.2 Å². The number of piperidine rings is 1. The molecule has 0 saturated carbocycles. The summed E-state index contributed by atoms with van der Waals surface area (Å²) in [6.07, 6.45) is 7.63. The van der Waals surface area contributed by atoms with Crippen LogP contribution in [0.15, 0.2) is 42.7 Å². The molecule has 1 fully saturated rings. The van der Waals surface area contributed by atoms with Crippen LogP contribution in [0, 0.1) is 5.92 Å². The van der Waals surface area contributed by atoms with E-state index in [9.17, 15) is 0 Å². The Morgan fingerprint density at radius 1 is 1.09 bits per heavy atom. The maximum Gasteiger partial charge on any atom is 0.141 e. The number of benzene rings is 1. The highest BCUT2D eigenvalue weighted by Gasteiger charge is 2.21. The fourth-order valence-corrected chi connectivity index (χ4v) is 3.34. The van der Waals surface area contributed by atoms with E-state index in [1.807, 2.05) is 36.6 Å².